The van der Waals surface area contributed by atoms with Gasteiger partial charge < -0.3 is 0 Å². The lowest BCUT2D eigenvalue weighted by atomic mass is 10.1. The minimum absolute atomic E-state index is 0.114. The van der Waals surface area contributed by atoms with E-state index < -0.39 is 0 Å². The molecule has 0 unspecified atom stereocenters. The minimum atomic E-state index is 0.114. The maximum atomic E-state index is 4.48. The quantitative estimate of drug-likeness (QED) is 0.368. The zero-order chi connectivity index (χ0) is 16.3. The standard InChI is InChI=1S/C20H40N2Si/c1-3-16-23-18-19(2)17-20(21-12-8-4-5-9-13-21)22-14-10-6-7-11-15-22/h20H,2-18,23H2,1H3. The topological polar surface area (TPSA) is 6.48 Å². The van der Waals surface area contributed by atoms with Gasteiger partial charge in [0.2, 0.25) is 0 Å². The van der Waals surface area contributed by atoms with Crippen molar-refractivity contribution in [3.63, 3.8) is 0 Å². The smallest absolute Gasteiger partial charge is 0.0660 e. The molecule has 0 aromatic carbocycles. The Labute approximate surface area is 147 Å². The highest BCUT2D eigenvalue weighted by Crippen LogP contribution is 2.24. The molecule has 2 nitrogen and oxygen atoms in total. The van der Waals surface area contributed by atoms with E-state index in [1.807, 2.05) is 0 Å². The van der Waals surface area contributed by atoms with Gasteiger partial charge in [-0.15, -0.1) is 6.58 Å². The van der Waals surface area contributed by atoms with E-state index in [0.29, 0.717) is 6.17 Å². The molecule has 0 aliphatic carbocycles. The molecule has 0 saturated carbocycles. The number of hydrogen-bond acceptors (Lipinski definition) is 2. The van der Waals surface area contributed by atoms with Crippen LogP contribution in [0, 0.1) is 0 Å². The molecular weight excluding hydrogens is 296 g/mol. The van der Waals surface area contributed by atoms with Crippen LogP contribution in [0.2, 0.25) is 12.1 Å². The van der Waals surface area contributed by atoms with E-state index in [4.69, 9.17) is 0 Å². The minimum Gasteiger partial charge on any atom is -0.288 e. The Morgan fingerprint density at radius 3 is 1.78 bits per heavy atom. The molecule has 2 aliphatic rings. The van der Waals surface area contributed by atoms with Crippen LogP contribution in [0.1, 0.15) is 71.1 Å². The number of rotatable bonds is 8. The predicted octanol–water partition coefficient (Wildman–Crippen LogP) is 4.43. The highest BCUT2D eigenvalue weighted by molar-refractivity contribution is 6.36. The van der Waals surface area contributed by atoms with E-state index in [-0.39, 0.29) is 9.52 Å². The summed E-state index contributed by atoms with van der Waals surface area (Å²) in [7, 11) is 0.114. The molecule has 0 spiro atoms. The molecule has 2 fully saturated rings. The monoisotopic (exact) mass is 336 g/mol. The van der Waals surface area contributed by atoms with Crippen molar-refractivity contribution in [3.8, 4) is 0 Å². The average molecular weight is 337 g/mol. The second-order valence-corrected chi connectivity index (χ2v) is 9.71. The fourth-order valence-corrected chi connectivity index (χ4v) is 5.71. The van der Waals surface area contributed by atoms with E-state index in [2.05, 4.69) is 23.3 Å². The molecule has 2 saturated heterocycles. The summed E-state index contributed by atoms with van der Waals surface area (Å²) in [4.78, 5) is 5.65. The molecule has 23 heavy (non-hydrogen) atoms. The Morgan fingerprint density at radius 1 is 0.870 bits per heavy atom. The zero-order valence-electron chi connectivity index (χ0n) is 15.7. The summed E-state index contributed by atoms with van der Waals surface area (Å²) in [5.41, 5.74) is 1.56. The highest BCUT2D eigenvalue weighted by Gasteiger charge is 2.26. The molecule has 3 heteroatoms. The van der Waals surface area contributed by atoms with Crippen molar-refractivity contribution >= 4 is 9.52 Å². The van der Waals surface area contributed by atoms with Crippen LogP contribution in [0.4, 0.5) is 0 Å². The third kappa shape index (κ3) is 7.11. The van der Waals surface area contributed by atoms with Crippen molar-refractivity contribution in [1.82, 2.24) is 9.80 Å². The Kier molecular flexibility index (Phi) is 9.55. The van der Waals surface area contributed by atoms with Crippen molar-refractivity contribution in [3.05, 3.63) is 12.2 Å². The molecule has 0 aromatic rings. The second kappa shape index (κ2) is 11.4. The fourth-order valence-electron chi connectivity index (χ4n) is 4.26. The largest absolute Gasteiger partial charge is 0.288 e. The number of hydrogen-bond donors (Lipinski definition) is 0. The molecule has 0 aromatic heterocycles. The molecule has 2 rings (SSSR count). The van der Waals surface area contributed by atoms with Gasteiger partial charge in [0.05, 0.1) is 6.17 Å². The maximum absolute atomic E-state index is 4.48. The lowest BCUT2D eigenvalue weighted by Gasteiger charge is -2.39. The van der Waals surface area contributed by atoms with Crippen LogP contribution in [-0.2, 0) is 0 Å². The van der Waals surface area contributed by atoms with Gasteiger partial charge in [-0.1, -0.05) is 50.6 Å². The van der Waals surface area contributed by atoms with Crippen LogP contribution in [0.3, 0.4) is 0 Å². The summed E-state index contributed by atoms with van der Waals surface area (Å²) in [6.07, 6.45) is 14.7. The van der Waals surface area contributed by atoms with E-state index in [9.17, 15) is 0 Å². The average Bonchev–Trinajstić information content (AvgIpc) is 2.98. The fraction of sp³-hybridized carbons (Fsp3) is 0.900. The van der Waals surface area contributed by atoms with Gasteiger partial charge in [0.25, 0.3) is 0 Å². The zero-order valence-corrected chi connectivity index (χ0v) is 17.1. The molecule has 0 N–H and O–H groups in total. The highest BCUT2D eigenvalue weighted by atomic mass is 28.2. The number of likely N-dealkylation sites (tertiary alicyclic amines) is 2. The summed E-state index contributed by atoms with van der Waals surface area (Å²) in [6, 6.07) is 2.88. The molecule has 0 amide bonds. The van der Waals surface area contributed by atoms with Gasteiger partial charge in [0.1, 0.15) is 0 Å². The van der Waals surface area contributed by atoms with Crippen LogP contribution in [-0.4, -0.2) is 51.7 Å². The third-order valence-electron chi connectivity index (χ3n) is 5.73. The Balaban J connectivity index is 1.95. The molecule has 0 atom stereocenters. The van der Waals surface area contributed by atoms with Gasteiger partial charge >= 0.3 is 0 Å². The van der Waals surface area contributed by atoms with E-state index in [0.717, 1.165) is 0 Å². The Bertz CT molecular complexity index is 296. The first-order valence-electron chi connectivity index (χ1n) is 10.5. The van der Waals surface area contributed by atoms with Crippen LogP contribution >= 0.6 is 0 Å². The van der Waals surface area contributed by atoms with Crippen molar-refractivity contribution < 1.29 is 0 Å². The summed E-state index contributed by atoms with van der Waals surface area (Å²) in [5, 5.41) is 0. The number of nitrogens with zero attached hydrogens (tertiary/aromatic N) is 2. The SMILES string of the molecule is C=C(C[SiH2]CCC)CC(N1CCCCCC1)N1CCCCCC1. The molecule has 0 radical (unpaired) electrons. The Morgan fingerprint density at radius 2 is 1.35 bits per heavy atom. The van der Waals surface area contributed by atoms with Crippen molar-refractivity contribution in [2.45, 2.75) is 89.4 Å². The molecule has 0 bridgehead atoms. The summed E-state index contributed by atoms with van der Waals surface area (Å²) in [6.45, 7) is 12.1. The molecule has 2 heterocycles. The lowest BCUT2D eigenvalue weighted by Crippen LogP contribution is -2.49. The van der Waals surface area contributed by atoms with Gasteiger partial charge in [-0.05, 0) is 64.3 Å². The van der Waals surface area contributed by atoms with E-state index >= 15 is 0 Å². The second-order valence-electron chi connectivity index (χ2n) is 7.79. The summed E-state index contributed by atoms with van der Waals surface area (Å²) < 4.78 is 0. The van der Waals surface area contributed by atoms with Gasteiger partial charge in [-0.3, -0.25) is 9.80 Å². The molecule has 2 aliphatic heterocycles. The van der Waals surface area contributed by atoms with Crippen LogP contribution in [0.15, 0.2) is 12.2 Å². The van der Waals surface area contributed by atoms with Gasteiger partial charge in [-0.2, -0.15) is 0 Å². The summed E-state index contributed by atoms with van der Waals surface area (Å²) in [5.74, 6) is 0. The predicted molar refractivity (Wildman–Crippen MR) is 106 cm³/mol. The van der Waals surface area contributed by atoms with Crippen LogP contribution in [0.5, 0.6) is 0 Å². The first-order valence-corrected chi connectivity index (χ1v) is 12.5. The normalized spacial score (nSPS) is 22.5. The van der Waals surface area contributed by atoms with Crippen LogP contribution < -0.4 is 0 Å². The lowest BCUT2D eigenvalue weighted by molar-refractivity contribution is 0.0464. The van der Waals surface area contributed by atoms with E-state index in [1.54, 1.807) is 5.57 Å². The van der Waals surface area contributed by atoms with Gasteiger partial charge in [0.15, 0.2) is 0 Å². The van der Waals surface area contributed by atoms with Crippen molar-refractivity contribution in [2.24, 2.45) is 0 Å². The summed E-state index contributed by atoms with van der Waals surface area (Å²) >= 11 is 0. The third-order valence-corrected chi connectivity index (χ3v) is 8.00. The Hall–Kier alpha value is -0.123. The van der Waals surface area contributed by atoms with Gasteiger partial charge in [0, 0.05) is 9.52 Å². The van der Waals surface area contributed by atoms with E-state index in [1.165, 1.54) is 102 Å². The molecule has 134 valence electrons. The first-order chi connectivity index (χ1) is 11.3. The molecular formula is C20H40N2Si. The first kappa shape index (κ1) is 19.2. The maximum Gasteiger partial charge on any atom is 0.0660 e. The van der Waals surface area contributed by atoms with Crippen molar-refractivity contribution in [1.29, 1.82) is 0 Å². The van der Waals surface area contributed by atoms with Crippen LogP contribution in [0.25, 0.3) is 0 Å². The van der Waals surface area contributed by atoms with Gasteiger partial charge in [-0.25, -0.2) is 0 Å². The van der Waals surface area contributed by atoms with Crippen molar-refractivity contribution in [2.75, 3.05) is 26.2 Å².